The lowest BCUT2D eigenvalue weighted by Gasteiger charge is -2.15. The predicted molar refractivity (Wildman–Crippen MR) is 66.2 cm³/mol. The van der Waals surface area contributed by atoms with Gasteiger partial charge in [0.1, 0.15) is 11.5 Å². The molecule has 0 saturated heterocycles. The van der Waals surface area contributed by atoms with Crippen molar-refractivity contribution in [2.24, 2.45) is 0 Å². The van der Waals surface area contributed by atoms with Gasteiger partial charge in [0.2, 0.25) is 0 Å². The molecule has 0 aliphatic carbocycles. The van der Waals surface area contributed by atoms with E-state index >= 15 is 0 Å². The summed E-state index contributed by atoms with van der Waals surface area (Å²) in [4.78, 5) is 21.6. The van der Waals surface area contributed by atoms with Crippen molar-refractivity contribution in [1.82, 2.24) is 9.97 Å². The van der Waals surface area contributed by atoms with Crippen LogP contribution in [0.2, 0.25) is 5.02 Å². The topological polar surface area (TPSA) is 46.1 Å². The highest BCUT2D eigenvalue weighted by Crippen LogP contribution is 2.13. The smallest absolute Gasteiger partial charge is 0.277 e. The Kier molecular flexibility index (Phi) is 3.35. The fourth-order valence-corrected chi connectivity index (χ4v) is 1.51. The molecule has 2 heterocycles. The Labute approximate surface area is 104 Å². The molecular weight excluding hydrogens is 238 g/mol. The third kappa shape index (κ3) is 2.60. The number of pyridine rings is 2. The van der Waals surface area contributed by atoms with E-state index in [1.807, 2.05) is 6.07 Å². The average molecular weight is 248 g/mol. The number of hydrogen-bond acceptors (Lipinski definition) is 3. The number of aromatic nitrogens is 2. The molecule has 1 amide bonds. The van der Waals surface area contributed by atoms with Crippen molar-refractivity contribution in [3.8, 4) is 0 Å². The summed E-state index contributed by atoms with van der Waals surface area (Å²) >= 11 is 5.81. The maximum absolute atomic E-state index is 12.1. The van der Waals surface area contributed by atoms with Crippen molar-refractivity contribution in [2.75, 3.05) is 11.9 Å². The van der Waals surface area contributed by atoms with Gasteiger partial charge in [0.25, 0.3) is 5.91 Å². The van der Waals surface area contributed by atoms with Crippen LogP contribution < -0.4 is 4.90 Å². The standard InChI is InChI=1S/C12H10ClN3O/c1-16(11-4-2-3-6-15-11)12(17)10-8-9(13)5-7-14-10/h2-8H,1H3. The molecule has 4 nitrogen and oxygen atoms in total. The summed E-state index contributed by atoms with van der Waals surface area (Å²) in [6.07, 6.45) is 3.13. The second-order valence-corrected chi connectivity index (χ2v) is 3.85. The zero-order chi connectivity index (χ0) is 12.3. The Bertz CT molecular complexity index is 530. The molecular formula is C12H10ClN3O. The average Bonchev–Trinajstić information content (AvgIpc) is 2.38. The minimum absolute atomic E-state index is 0.244. The molecule has 0 atom stereocenters. The minimum Gasteiger partial charge on any atom is -0.294 e. The molecule has 0 aliphatic rings. The molecule has 0 saturated carbocycles. The first kappa shape index (κ1) is 11.5. The van der Waals surface area contributed by atoms with Crippen molar-refractivity contribution in [1.29, 1.82) is 0 Å². The number of rotatable bonds is 2. The monoisotopic (exact) mass is 247 g/mol. The Morgan fingerprint density at radius 3 is 2.71 bits per heavy atom. The molecule has 17 heavy (non-hydrogen) atoms. The quantitative estimate of drug-likeness (QED) is 0.819. The predicted octanol–water partition coefficient (Wildman–Crippen LogP) is 2.41. The highest BCUT2D eigenvalue weighted by molar-refractivity contribution is 6.31. The van der Waals surface area contributed by atoms with Crippen molar-refractivity contribution >= 4 is 23.3 Å². The minimum atomic E-state index is -0.244. The summed E-state index contributed by atoms with van der Waals surface area (Å²) in [7, 11) is 1.65. The largest absolute Gasteiger partial charge is 0.294 e. The highest BCUT2D eigenvalue weighted by atomic mass is 35.5. The SMILES string of the molecule is CN(C(=O)c1cc(Cl)ccn1)c1ccccn1. The maximum Gasteiger partial charge on any atom is 0.277 e. The third-order valence-electron chi connectivity index (χ3n) is 2.24. The van der Waals surface area contributed by atoms with Crippen LogP contribution in [-0.2, 0) is 0 Å². The maximum atomic E-state index is 12.1. The number of amides is 1. The van der Waals surface area contributed by atoms with E-state index < -0.39 is 0 Å². The molecule has 0 aliphatic heterocycles. The fourth-order valence-electron chi connectivity index (χ4n) is 1.35. The summed E-state index contributed by atoms with van der Waals surface area (Å²) in [5.41, 5.74) is 0.297. The van der Waals surface area contributed by atoms with Crippen molar-refractivity contribution in [2.45, 2.75) is 0 Å². The molecule has 2 aromatic rings. The van der Waals surface area contributed by atoms with Crippen molar-refractivity contribution in [3.05, 3.63) is 53.4 Å². The van der Waals surface area contributed by atoms with Crippen LogP contribution in [0.5, 0.6) is 0 Å². The molecule has 2 aromatic heterocycles. The van der Waals surface area contributed by atoms with Crippen LogP contribution in [0, 0.1) is 0 Å². The van der Waals surface area contributed by atoms with Crippen LogP contribution >= 0.6 is 11.6 Å². The zero-order valence-corrected chi connectivity index (χ0v) is 9.93. The van der Waals surface area contributed by atoms with E-state index in [4.69, 9.17) is 11.6 Å². The molecule has 0 N–H and O–H groups in total. The van der Waals surface area contributed by atoms with E-state index in [1.165, 1.54) is 17.2 Å². The van der Waals surface area contributed by atoms with E-state index in [0.29, 0.717) is 16.5 Å². The van der Waals surface area contributed by atoms with Gasteiger partial charge in [0.05, 0.1) is 0 Å². The van der Waals surface area contributed by atoms with Crippen LogP contribution in [0.4, 0.5) is 5.82 Å². The number of halogens is 1. The van der Waals surface area contributed by atoms with Gasteiger partial charge in [0.15, 0.2) is 0 Å². The second-order valence-electron chi connectivity index (χ2n) is 3.41. The van der Waals surface area contributed by atoms with Crippen LogP contribution in [-0.4, -0.2) is 22.9 Å². The summed E-state index contributed by atoms with van der Waals surface area (Å²) in [5.74, 6) is 0.325. The Morgan fingerprint density at radius 1 is 1.24 bits per heavy atom. The van der Waals surface area contributed by atoms with Crippen LogP contribution in [0.3, 0.4) is 0 Å². The molecule has 0 bridgehead atoms. The van der Waals surface area contributed by atoms with Gasteiger partial charge < -0.3 is 0 Å². The number of carbonyl (C=O) groups excluding carboxylic acids is 1. The molecule has 0 fully saturated rings. The molecule has 0 unspecified atom stereocenters. The lowest BCUT2D eigenvalue weighted by Crippen LogP contribution is -2.27. The molecule has 2 rings (SSSR count). The molecule has 0 radical (unpaired) electrons. The van der Waals surface area contributed by atoms with E-state index in [2.05, 4.69) is 9.97 Å². The number of nitrogens with zero attached hydrogens (tertiary/aromatic N) is 3. The van der Waals surface area contributed by atoms with Crippen LogP contribution in [0.1, 0.15) is 10.5 Å². The van der Waals surface area contributed by atoms with Gasteiger partial charge >= 0.3 is 0 Å². The summed E-state index contributed by atoms with van der Waals surface area (Å²) < 4.78 is 0. The summed E-state index contributed by atoms with van der Waals surface area (Å²) in [6.45, 7) is 0. The Morgan fingerprint density at radius 2 is 2.06 bits per heavy atom. The number of hydrogen-bond donors (Lipinski definition) is 0. The van der Waals surface area contributed by atoms with Crippen LogP contribution in [0.25, 0.3) is 0 Å². The lowest BCUT2D eigenvalue weighted by molar-refractivity contribution is 0.0987. The first-order chi connectivity index (χ1) is 8.18. The highest BCUT2D eigenvalue weighted by Gasteiger charge is 2.15. The van der Waals surface area contributed by atoms with Gasteiger partial charge in [-0.2, -0.15) is 0 Å². The normalized spacial score (nSPS) is 10.0. The van der Waals surface area contributed by atoms with Gasteiger partial charge in [-0.15, -0.1) is 0 Å². The lowest BCUT2D eigenvalue weighted by atomic mass is 10.3. The van der Waals surface area contributed by atoms with Crippen LogP contribution in [0.15, 0.2) is 42.7 Å². The van der Waals surface area contributed by atoms with Gasteiger partial charge in [-0.05, 0) is 24.3 Å². The van der Waals surface area contributed by atoms with Crippen molar-refractivity contribution < 1.29 is 4.79 Å². The van der Waals surface area contributed by atoms with Gasteiger partial charge in [-0.3, -0.25) is 14.7 Å². The summed E-state index contributed by atoms with van der Waals surface area (Å²) in [5, 5.41) is 0.484. The molecule has 86 valence electrons. The van der Waals surface area contributed by atoms with Gasteiger partial charge in [0, 0.05) is 24.5 Å². The van der Waals surface area contributed by atoms with Gasteiger partial charge in [-0.1, -0.05) is 17.7 Å². The molecule has 0 aromatic carbocycles. The first-order valence-corrected chi connectivity index (χ1v) is 5.37. The molecule has 0 spiro atoms. The summed E-state index contributed by atoms with van der Waals surface area (Å²) in [6, 6.07) is 8.52. The van der Waals surface area contributed by atoms with Crippen molar-refractivity contribution in [3.63, 3.8) is 0 Å². The fraction of sp³-hybridized carbons (Fsp3) is 0.0833. The van der Waals surface area contributed by atoms with E-state index in [-0.39, 0.29) is 5.91 Å². The zero-order valence-electron chi connectivity index (χ0n) is 9.17. The second kappa shape index (κ2) is 4.93. The number of carbonyl (C=O) groups is 1. The first-order valence-electron chi connectivity index (χ1n) is 4.99. The molecule has 5 heteroatoms. The third-order valence-corrected chi connectivity index (χ3v) is 2.47. The van der Waals surface area contributed by atoms with E-state index in [1.54, 1.807) is 31.4 Å². The van der Waals surface area contributed by atoms with E-state index in [0.717, 1.165) is 0 Å². The Balaban J connectivity index is 2.27. The number of anilines is 1. The van der Waals surface area contributed by atoms with Gasteiger partial charge in [-0.25, -0.2) is 4.98 Å². The van der Waals surface area contributed by atoms with E-state index in [9.17, 15) is 4.79 Å². The Hall–Kier alpha value is -1.94.